The molecule has 0 saturated heterocycles. The number of nitrogens with zero attached hydrogens (tertiary/aromatic N) is 1. The second-order valence-corrected chi connectivity index (χ2v) is 7.39. The Morgan fingerprint density at radius 3 is 2.57 bits per heavy atom. The number of hydrazone groups is 1. The molecule has 152 valence electrons. The number of aryl methyl sites for hydroxylation is 1. The zero-order valence-electron chi connectivity index (χ0n) is 16.3. The molecular formula is C23H20BrN3O3. The molecule has 6 nitrogen and oxygen atoms in total. The molecule has 3 aromatic carbocycles. The van der Waals surface area contributed by atoms with E-state index in [1.807, 2.05) is 55.5 Å². The van der Waals surface area contributed by atoms with Gasteiger partial charge in [0.05, 0.1) is 6.21 Å². The van der Waals surface area contributed by atoms with Gasteiger partial charge in [-0.05, 0) is 48.4 Å². The third-order valence-electron chi connectivity index (χ3n) is 4.06. The summed E-state index contributed by atoms with van der Waals surface area (Å²) in [5.41, 5.74) is 5.44. The molecule has 30 heavy (non-hydrogen) atoms. The first-order valence-electron chi connectivity index (χ1n) is 9.18. The molecule has 2 N–H and O–H groups in total. The number of ether oxygens (including phenoxy) is 1. The molecule has 3 aromatic rings. The molecule has 0 fully saturated rings. The van der Waals surface area contributed by atoms with E-state index in [2.05, 4.69) is 31.8 Å². The molecule has 7 heteroatoms. The highest BCUT2D eigenvalue weighted by Crippen LogP contribution is 2.22. The average Bonchev–Trinajstić information content (AvgIpc) is 2.74. The van der Waals surface area contributed by atoms with Gasteiger partial charge < -0.3 is 10.1 Å². The van der Waals surface area contributed by atoms with Crippen molar-refractivity contribution in [1.82, 2.24) is 5.43 Å². The van der Waals surface area contributed by atoms with Crippen LogP contribution in [0.3, 0.4) is 0 Å². The summed E-state index contributed by atoms with van der Waals surface area (Å²) in [4.78, 5) is 24.0. The number of rotatable bonds is 6. The Kier molecular flexibility index (Phi) is 7.34. The molecule has 0 spiro atoms. The van der Waals surface area contributed by atoms with Gasteiger partial charge in [0, 0.05) is 15.7 Å². The molecule has 0 aliphatic heterocycles. The summed E-state index contributed by atoms with van der Waals surface area (Å²) in [5.74, 6) is -1.06. The van der Waals surface area contributed by atoms with Crippen LogP contribution in [0.15, 0.2) is 82.4 Å². The minimum Gasteiger partial charge on any atom is -0.488 e. The molecule has 2 amide bonds. The van der Waals surface area contributed by atoms with Gasteiger partial charge in [-0.2, -0.15) is 5.10 Å². The van der Waals surface area contributed by atoms with Crippen molar-refractivity contribution in [3.05, 3.63) is 94.0 Å². The fourth-order valence-corrected chi connectivity index (χ4v) is 2.99. The van der Waals surface area contributed by atoms with E-state index in [1.165, 1.54) is 6.21 Å². The summed E-state index contributed by atoms with van der Waals surface area (Å²) in [6, 6.07) is 22.4. The van der Waals surface area contributed by atoms with Crippen molar-refractivity contribution in [2.24, 2.45) is 5.10 Å². The van der Waals surface area contributed by atoms with Crippen molar-refractivity contribution >= 4 is 39.6 Å². The van der Waals surface area contributed by atoms with Gasteiger partial charge >= 0.3 is 11.8 Å². The van der Waals surface area contributed by atoms with E-state index < -0.39 is 11.8 Å². The summed E-state index contributed by atoms with van der Waals surface area (Å²) in [6.07, 6.45) is 1.43. The van der Waals surface area contributed by atoms with Crippen LogP contribution in [0, 0.1) is 6.92 Å². The lowest BCUT2D eigenvalue weighted by molar-refractivity contribution is -0.136. The predicted molar refractivity (Wildman–Crippen MR) is 120 cm³/mol. The van der Waals surface area contributed by atoms with Crippen LogP contribution in [0.2, 0.25) is 0 Å². The number of halogens is 1. The van der Waals surface area contributed by atoms with Crippen LogP contribution in [0.25, 0.3) is 0 Å². The van der Waals surface area contributed by atoms with Crippen LogP contribution in [0.4, 0.5) is 5.69 Å². The van der Waals surface area contributed by atoms with E-state index in [0.29, 0.717) is 23.6 Å². The topological polar surface area (TPSA) is 79.8 Å². The van der Waals surface area contributed by atoms with Crippen LogP contribution < -0.4 is 15.5 Å². The number of benzene rings is 3. The Hall–Kier alpha value is -3.45. The maximum Gasteiger partial charge on any atom is 0.329 e. The fourth-order valence-electron chi connectivity index (χ4n) is 2.61. The zero-order valence-corrected chi connectivity index (χ0v) is 17.8. The fraction of sp³-hybridized carbons (Fsp3) is 0.0870. The van der Waals surface area contributed by atoms with Gasteiger partial charge in [0.1, 0.15) is 12.4 Å². The minimum absolute atomic E-state index is 0.397. The van der Waals surface area contributed by atoms with Gasteiger partial charge in [0.15, 0.2) is 0 Å². The normalized spacial score (nSPS) is 10.6. The molecule has 0 atom stereocenters. The standard InChI is InChI=1S/C23H20BrN3O3/c1-16-6-5-9-20(12-16)26-22(28)23(29)27-25-14-18-13-19(24)10-11-21(18)30-15-17-7-3-2-4-8-17/h2-14H,15H2,1H3,(H,26,28)(H,27,29)/b25-14-. The van der Waals surface area contributed by atoms with E-state index in [9.17, 15) is 9.59 Å². The number of carbonyl (C=O) groups is 2. The monoisotopic (exact) mass is 465 g/mol. The van der Waals surface area contributed by atoms with Gasteiger partial charge in [-0.1, -0.05) is 58.4 Å². The van der Waals surface area contributed by atoms with Crippen molar-refractivity contribution in [2.75, 3.05) is 5.32 Å². The van der Waals surface area contributed by atoms with Gasteiger partial charge in [-0.3, -0.25) is 9.59 Å². The van der Waals surface area contributed by atoms with Crippen molar-refractivity contribution in [3.63, 3.8) is 0 Å². The van der Waals surface area contributed by atoms with Gasteiger partial charge in [0.25, 0.3) is 0 Å². The molecule has 0 heterocycles. The number of carbonyl (C=O) groups excluding carboxylic acids is 2. The molecule has 3 rings (SSSR count). The second kappa shape index (κ2) is 10.4. The maximum atomic E-state index is 12.0. The Morgan fingerprint density at radius 1 is 1.00 bits per heavy atom. The number of hydrogen-bond acceptors (Lipinski definition) is 4. The van der Waals surface area contributed by atoms with Gasteiger partial charge in [0.2, 0.25) is 0 Å². The first-order chi connectivity index (χ1) is 14.5. The molecule has 0 saturated carbocycles. The summed E-state index contributed by atoms with van der Waals surface area (Å²) < 4.78 is 6.70. The molecule has 0 aromatic heterocycles. The summed E-state index contributed by atoms with van der Waals surface area (Å²) in [5, 5.41) is 6.43. The van der Waals surface area contributed by atoms with Crippen LogP contribution >= 0.6 is 15.9 Å². The SMILES string of the molecule is Cc1cccc(NC(=O)C(=O)N/N=C\c2cc(Br)ccc2OCc2ccccc2)c1. The molecule has 0 unspecified atom stereocenters. The largest absolute Gasteiger partial charge is 0.488 e. The van der Waals surface area contributed by atoms with Crippen molar-refractivity contribution in [2.45, 2.75) is 13.5 Å². The second-order valence-electron chi connectivity index (χ2n) is 6.48. The lowest BCUT2D eigenvalue weighted by atomic mass is 10.2. The Morgan fingerprint density at radius 2 is 1.80 bits per heavy atom. The van der Waals surface area contributed by atoms with Crippen LogP contribution in [-0.4, -0.2) is 18.0 Å². The highest BCUT2D eigenvalue weighted by Gasteiger charge is 2.13. The smallest absolute Gasteiger partial charge is 0.329 e. The number of hydrogen-bond donors (Lipinski definition) is 2. The third kappa shape index (κ3) is 6.28. The minimum atomic E-state index is -0.866. The predicted octanol–water partition coefficient (Wildman–Crippen LogP) is 4.43. The van der Waals surface area contributed by atoms with Crippen LogP contribution in [0.5, 0.6) is 5.75 Å². The molecule has 0 bridgehead atoms. The molecule has 0 radical (unpaired) electrons. The summed E-state index contributed by atoms with van der Waals surface area (Å²) in [6.45, 7) is 2.30. The van der Waals surface area contributed by atoms with Crippen molar-refractivity contribution in [3.8, 4) is 5.75 Å². The van der Waals surface area contributed by atoms with Gasteiger partial charge in [-0.25, -0.2) is 5.43 Å². The van der Waals surface area contributed by atoms with E-state index in [0.717, 1.165) is 15.6 Å². The Bertz CT molecular complexity index is 1070. The first kappa shape index (κ1) is 21.3. The van der Waals surface area contributed by atoms with Crippen LogP contribution in [-0.2, 0) is 16.2 Å². The maximum absolute atomic E-state index is 12.0. The number of amides is 2. The first-order valence-corrected chi connectivity index (χ1v) is 9.98. The zero-order chi connectivity index (χ0) is 21.3. The van der Waals surface area contributed by atoms with E-state index in [1.54, 1.807) is 24.3 Å². The van der Waals surface area contributed by atoms with Crippen LogP contribution in [0.1, 0.15) is 16.7 Å². The summed E-state index contributed by atoms with van der Waals surface area (Å²) >= 11 is 3.41. The lowest BCUT2D eigenvalue weighted by Gasteiger charge is -2.09. The van der Waals surface area contributed by atoms with E-state index in [-0.39, 0.29) is 0 Å². The molecule has 0 aliphatic carbocycles. The highest BCUT2D eigenvalue weighted by molar-refractivity contribution is 9.10. The third-order valence-corrected chi connectivity index (χ3v) is 4.55. The summed E-state index contributed by atoms with van der Waals surface area (Å²) in [7, 11) is 0. The van der Waals surface area contributed by atoms with E-state index in [4.69, 9.17) is 4.74 Å². The van der Waals surface area contributed by atoms with Gasteiger partial charge in [-0.15, -0.1) is 0 Å². The highest BCUT2D eigenvalue weighted by atomic mass is 79.9. The average molecular weight is 466 g/mol. The number of nitrogens with one attached hydrogen (secondary N) is 2. The van der Waals surface area contributed by atoms with Crippen molar-refractivity contribution in [1.29, 1.82) is 0 Å². The molecular weight excluding hydrogens is 446 g/mol. The lowest BCUT2D eigenvalue weighted by Crippen LogP contribution is -2.32. The Labute approximate surface area is 183 Å². The Balaban J connectivity index is 1.61. The quantitative estimate of drug-likeness (QED) is 0.321. The molecule has 0 aliphatic rings. The van der Waals surface area contributed by atoms with Crippen molar-refractivity contribution < 1.29 is 14.3 Å². The number of anilines is 1. The van der Waals surface area contributed by atoms with E-state index >= 15 is 0 Å².